The van der Waals surface area contributed by atoms with E-state index in [1.54, 1.807) is 0 Å². The van der Waals surface area contributed by atoms with Crippen LogP contribution in [0.3, 0.4) is 0 Å². The minimum absolute atomic E-state index is 0.0840. The van der Waals surface area contributed by atoms with Gasteiger partial charge >= 0.3 is 0 Å². The van der Waals surface area contributed by atoms with E-state index in [1.807, 2.05) is 0 Å². The van der Waals surface area contributed by atoms with Gasteiger partial charge in [-0.15, -0.1) is 0 Å². The van der Waals surface area contributed by atoms with Gasteiger partial charge in [0.2, 0.25) is 0 Å². The van der Waals surface area contributed by atoms with Crippen LogP contribution in [0.25, 0.3) is 55.0 Å². The highest BCUT2D eigenvalue weighted by molar-refractivity contribution is 6.11. The Morgan fingerprint density at radius 3 is 1.20 bits per heavy atom. The van der Waals surface area contributed by atoms with Crippen molar-refractivity contribution in [2.24, 2.45) is 0 Å². The number of nitrogens with zero attached hydrogens (tertiary/aromatic N) is 2. The predicted octanol–water partition coefficient (Wildman–Crippen LogP) is 10.5. The maximum atomic E-state index is 2.45. The first-order valence-electron chi connectivity index (χ1n) is 14.3. The van der Waals surface area contributed by atoms with Crippen LogP contribution in [0.5, 0.6) is 0 Å². The molecule has 0 saturated carbocycles. The summed E-state index contributed by atoms with van der Waals surface area (Å²) in [6.07, 6.45) is 0. The van der Waals surface area contributed by atoms with Crippen molar-refractivity contribution < 1.29 is 0 Å². The average Bonchev–Trinajstić information content (AvgIpc) is 3.44. The number of para-hydroxylation sites is 2. The van der Waals surface area contributed by atoms with Crippen molar-refractivity contribution in [3.8, 4) is 11.4 Å². The lowest BCUT2D eigenvalue weighted by Gasteiger charge is -2.19. The molecule has 0 aliphatic heterocycles. The lowest BCUT2D eigenvalue weighted by atomic mass is 9.85. The molecule has 2 nitrogen and oxygen atoms in total. The molecule has 0 fully saturated rings. The van der Waals surface area contributed by atoms with Gasteiger partial charge in [-0.1, -0.05) is 96.1 Å². The Kier molecular flexibility index (Phi) is 5.31. The maximum Gasteiger partial charge on any atom is 0.0541 e. The van der Waals surface area contributed by atoms with Gasteiger partial charge in [0.25, 0.3) is 0 Å². The van der Waals surface area contributed by atoms with Gasteiger partial charge in [-0.25, -0.2) is 0 Å². The Balaban J connectivity index is 1.52. The van der Waals surface area contributed by atoms with Crippen molar-refractivity contribution in [2.75, 3.05) is 0 Å². The molecule has 0 aliphatic carbocycles. The Bertz CT molecular complexity index is 1940. The van der Waals surface area contributed by atoms with E-state index in [0.717, 1.165) is 0 Å². The summed E-state index contributed by atoms with van der Waals surface area (Å²) in [7, 11) is 0. The molecule has 0 N–H and O–H groups in total. The average molecular weight is 521 g/mol. The number of hydrogen-bond acceptors (Lipinski definition) is 0. The van der Waals surface area contributed by atoms with Gasteiger partial charge in [-0.05, 0) is 76.6 Å². The first-order valence-corrected chi connectivity index (χ1v) is 14.3. The lowest BCUT2D eigenvalue weighted by Crippen LogP contribution is -2.10. The van der Waals surface area contributed by atoms with E-state index in [9.17, 15) is 0 Å². The number of aromatic nitrogens is 2. The van der Waals surface area contributed by atoms with Crippen LogP contribution >= 0.6 is 0 Å². The quantitative estimate of drug-likeness (QED) is 0.215. The molecule has 2 heterocycles. The molecule has 0 radical (unpaired) electrons. The van der Waals surface area contributed by atoms with Gasteiger partial charge in [-0.2, -0.15) is 0 Å². The zero-order valence-electron chi connectivity index (χ0n) is 24.3. The highest BCUT2D eigenvalue weighted by Gasteiger charge is 2.21. The SMILES string of the molecule is CC(C)(C)c1ccc2c(c1)c1cc(C(C)(C)C)ccc1n2-c1cccc(-n2c3ccccc3c3ccccc32)c1. The van der Waals surface area contributed by atoms with Gasteiger partial charge in [0.15, 0.2) is 0 Å². The van der Waals surface area contributed by atoms with Gasteiger partial charge in [0, 0.05) is 32.9 Å². The first kappa shape index (κ1) is 24.7. The van der Waals surface area contributed by atoms with Crippen LogP contribution in [0.4, 0.5) is 0 Å². The monoisotopic (exact) mass is 520 g/mol. The van der Waals surface area contributed by atoms with Crippen molar-refractivity contribution in [3.63, 3.8) is 0 Å². The second-order valence-corrected chi connectivity index (χ2v) is 13.2. The molecular formula is C38H36N2. The fraction of sp³-hybridized carbons (Fsp3) is 0.211. The van der Waals surface area contributed by atoms with Gasteiger partial charge in [0.05, 0.1) is 22.1 Å². The second-order valence-electron chi connectivity index (χ2n) is 13.2. The summed E-state index contributed by atoms with van der Waals surface area (Å²) < 4.78 is 4.85. The lowest BCUT2D eigenvalue weighted by molar-refractivity contribution is 0.590. The molecule has 0 spiro atoms. The third-order valence-electron chi connectivity index (χ3n) is 8.42. The van der Waals surface area contributed by atoms with E-state index >= 15 is 0 Å². The molecule has 0 atom stereocenters. The zero-order valence-corrected chi connectivity index (χ0v) is 24.3. The largest absolute Gasteiger partial charge is 0.309 e. The topological polar surface area (TPSA) is 9.86 Å². The summed E-state index contributed by atoms with van der Waals surface area (Å²) in [5.74, 6) is 0. The molecule has 198 valence electrons. The Labute approximate surface area is 236 Å². The molecule has 0 aliphatic rings. The van der Waals surface area contributed by atoms with E-state index < -0.39 is 0 Å². The minimum atomic E-state index is 0.0840. The van der Waals surface area contributed by atoms with Crippen molar-refractivity contribution in [3.05, 3.63) is 120 Å². The van der Waals surface area contributed by atoms with Gasteiger partial charge < -0.3 is 9.13 Å². The van der Waals surface area contributed by atoms with E-state index in [-0.39, 0.29) is 10.8 Å². The van der Waals surface area contributed by atoms with E-state index in [2.05, 4.69) is 160 Å². The molecule has 0 unspecified atom stereocenters. The third kappa shape index (κ3) is 3.78. The molecule has 0 saturated heterocycles. The van der Waals surface area contributed by atoms with Gasteiger partial charge in [0.1, 0.15) is 0 Å². The van der Waals surface area contributed by atoms with Crippen molar-refractivity contribution in [1.29, 1.82) is 0 Å². The molecule has 5 aromatic carbocycles. The maximum absolute atomic E-state index is 2.45. The van der Waals surface area contributed by atoms with Crippen LogP contribution in [0.1, 0.15) is 52.7 Å². The minimum Gasteiger partial charge on any atom is -0.309 e. The number of fused-ring (bicyclic) bond motifs is 6. The Morgan fingerprint density at radius 2 is 0.775 bits per heavy atom. The highest BCUT2D eigenvalue weighted by atomic mass is 15.0. The molecule has 40 heavy (non-hydrogen) atoms. The van der Waals surface area contributed by atoms with Crippen LogP contribution < -0.4 is 0 Å². The number of rotatable bonds is 2. The van der Waals surface area contributed by atoms with Crippen molar-refractivity contribution >= 4 is 43.6 Å². The van der Waals surface area contributed by atoms with Crippen LogP contribution in [0.15, 0.2) is 109 Å². The van der Waals surface area contributed by atoms with Crippen LogP contribution in [-0.4, -0.2) is 9.13 Å². The Morgan fingerprint density at radius 1 is 0.375 bits per heavy atom. The summed E-state index contributed by atoms with van der Waals surface area (Å²) in [5, 5.41) is 5.20. The second kappa shape index (κ2) is 8.60. The van der Waals surface area contributed by atoms with Crippen LogP contribution in [0, 0.1) is 0 Å². The van der Waals surface area contributed by atoms with Gasteiger partial charge in [-0.3, -0.25) is 0 Å². The van der Waals surface area contributed by atoms with Crippen molar-refractivity contribution in [2.45, 2.75) is 52.4 Å². The Hall–Kier alpha value is -4.30. The number of hydrogen-bond donors (Lipinski definition) is 0. The summed E-state index contributed by atoms with van der Waals surface area (Å²) in [4.78, 5) is 0. The fourth-order valence-corrected chi connectivity index (χ4v) is 6.21. The first-order chi connectivity index (χ1) is 19.1. The number of benzene rings is 5. The molecule has 0 bridgehead atoms. The summed E-state index contributed by atoms with van der Waals surface area (Å²) in [5.41, 5.74) is 10.2. The molecule has 7 rings (SSSR count). The fourth-order valence-electron chi connectivity index (χ4n) is 6.21. The molecular weight excluding hydrogens is 484 g/mol. The predicted molar refractivity (Wildman–Crippen MR) is 173 cm³/mol. The summed E-state index contributed by atoms with van der Waals surface area (Å²) >= 11 is 0. The molecule has 7 aromatic rings. The summed E-state index contributed by atoms with van der Waals surface area (Å²) in [6, 6.07) is 40.5. The normalized spacial score (nSPS) is 12.8. The molecule has 0 amide bonds. The highest BCUT2D eigenvalue weighted by Crippen LogP contribution is 2.38. The van der Waals surface area contributed by atoms with Crippen molar-refractivity contribution in [1.82, 2.24) is 9.13 Å². The third-order valence-corrected chi connectivity index (χ3v) is 8.42. The van der Waals surface area contributed by atoms with Crippen LogP contribution in [0.2, 0.25) is 0 Å². The van der Waals surface area contributed by atoms with Crippen LogP contribution in [-0.2, 0) is 10.8 Å². The van der Waals surface area contributed by atoms with E-state index in [1.165, 1.54) is 66.1 Å². The standard InChI is InChI=1S/C38H36N2/c1-37(2,3)25-18-20-35-31(22-25)32-23-26(38(4,5)6)19-21-36(32)40(35)28-13-11-12-27(24-28)39-33-16-9-7-14-29(33)30-15-8-10-17-34(30)39/h7-24H,1-6H3. The van der Waals surface area contributed by atoms with E-state index in [4.69, 9.17) is 0 Å². The van der Waals surface area contributed by atoms with E-state index in [0.29, 0.717) is 0 Å². The summed E-state index contributed by atoms with van der Waals surface area (Å²) in [6.45, 7) is 13.8. The zero-order chi connectivity index (χ0) is 27.8. The molecule has 2 aromatic heterocycles. The smallest absolute Gasteiger partial charge is 0.0541 e. The molecule has 2 heteroatoms.